The number of likely N-dealkylation sites (tertiary alicyclic amines) is 1. The monoisotopic (exact) mass is 621 g/mol. The van der Waals surface area contributed by atoms with Gasteiger partial charge in [-0.2, -0.15) is 0 Å². The number of carbonyl (C=O) groups excluding carboxylic acids is 1. The maximum atomic E-state index is 14.8. The SMILES string of the molecule is CC[C@H](NC(=O)c1c(C[N+]2(C3CCNCC3)CCCCC2)c(-c2ccccc2)nc2cc(OCC(=O)O)ccc12)c1ccccc1. The first kappa shape index (κ1) is 31.7. The van der Waals surface area contributed by atoms with Crippen molar-refractivity contribution in [3.63, 3.8) is 0 Å². The number of rotatable bonds is 11. The van der Waals surface area contributed by atoms with Crippen LogP contribution in [0.15, 0.2) is 78.9 Å². The van der Waals surface area contributed by atoms with E-state index in [-0.39, 0.29) is 11.9 Å². The number of benzene rings is 3. The molecular formula is C38H45N4O4+. The van der Waals surface area contributed by atoms with Gasteiger partial charge in [0.2, 0.25) is 0 Å². The van der Waals surface area contributed by atoms with Gasteiger partial charge in [0.1, 0.15) is 12.3 Å². The molecule has 0 aliphatic carbocycles. The lowest BCUT2D eigenvalue weighted by Crippen LogP contribution is -2.60. The summed E-state index contributed by atoms with van der Waals surface area (Å²) >= 11 is 0. The summed E-state index contributed by atoms with van der Waals surface area (Å²) in [7, 11) is 0. The Hall–Kier alpha value is -4.27. The fourth-order valence-electron chi connectivity index (χ4n) is 7.57. The number of hydrogen-bond donors (Lipinski definition) is 3. The van der Waals surface area contributed by atoms with E-state index in [0.29, 0.717) is 22.9 Å². The smallest absolute Gasteiger partial charge is 0.341 e. The van der Waals surface area contributed by atoms with Gasteiger partial charge in [-0.15, -0.1) is 0 Å². The molecule has 3 heterocycles. The highest BCUT2D eigenvalue weighted by Gasteiger charge is 2.41. The van der Waals surface area contributed by atoms with E-state index in [4.69, 9.17) is 9.72 Å². The zero-order valence-electron chi connectivity index (χ0n) is 26.7. The quantitative estimate of drug-likeness (QED) is 0.165. The molecule has 2 fully saturated rings. The molecule has 8 nitrogen and oxygen atoms in total. The van der Waals surface area contributed by atoms with Crippen LogP contribution in [0.2, 0.25) is 0 Å². The van der Waals surface area contributed by atoms with Gasteiger partial charge in [-0.25, -0.2) is 9.78 Å². The Kier molecular flexibility index (Phi) is 9.95. The maximum Gasteiger partial charge on any atom is 0.341 e. The third-order valence-corrected chi connectivity index (χ3v) is 9.87. The van der Waals surface area contributed by atoms with Gasteiger partial charge in [0.15, 0.2) is 6.61 Å². The number of aliphatic carboxylic acids is 1. The number of hydrogen-bond acceptors (Lipinski definition) is 5. The number of nitrogens with one attached hydrogen (secondary N) is 2. The fraction of sp³-hybridized carbons (Fsp3) is 0.395. The molecule has 3 aromatic carbocycles. The predicted octanol–water partition coefficient (Wildman–Crippen LogP) is 6.50. The topological polar surface area (TPSA) is 101 Å². The maximum absolute atomic E-state index is 14.8. The lowest BCUT2D eigenvalue weighted by Gasteiger charge is -2.49. The average Bonchev–Trinajstić information content (AvgIpc) is 3.10. The first-order chi connectivity index (χ1) is 22.5. The highest BCUT2D eigenvalue weighted by Crippen LogP contribution is 2.38. The molecule has 2 aliphatic rings. The molecule has 0 unspecified atom stereocenters. The summed E-state index contributed by atoms with van der Waals surface area (Å²) in [5.41, 5.74) is 5.08. The third-order valence-electron chi connectivity index (χ3n) is 9.87. The van der Waals surface area contributed by atoms with Gasteiger partial charge in [0.25, 0.3) is 5.91 Å². The normalized spacial score (nSPS) is 17.3. The zero-order valence-corrected chi connectivity index (χ0v) is 26.7. The molecule has 1 aromatic heterocycles. The van der Waals surface area contributed by atoms with Gasteiger partial charge in [0, 0.05) is 48.5 Å². The van der Waals surface area contributed by atoms with E-state index < -0.39 is 12.6 Å². The van der Waals surface area contributed by atoms with Crippen LogP contribution in [0.25, 0.3) is 22.2 Å². The van der Waals surface area contributed by atoms with Crippen molar-refractivity contribution in [1.82, 2.24) is 15.6 Å². The Labute approximate surface area is 271 Å². The molecule has 3 N–H and O–H groups in total. The van der Waals surface area contributed by atoms with Crippen LogP contribution in [0, 0.1) is 0 Å². The van der Waals surface area contributed by atoms with Gasteiger partial charge in [0.05, 0.1) is 41.9 Å². The molecular weight excluding hydrogens is 576 g/mol. The van der Waals surface area contributed by atoms with Gasteiger partial charge in [-0.3, -0.25) is 4.79 Å². The van der Waals surface area contributed by atoms with Crippen LogP contribution in [0.5, 0.6) is 5.75 Å². The number of piperidine rings is 2. The average molecular weight is 622 g/mol. The van der Waals surface area contributed by atoms with E-state index in [1.807, 2.05) is 42.5 Å². The largest absolute Gasteiger partial charge is 0.482 e. The van der Waals surface area contributed by atoms with E-state index >= 15 is 0 Å². The van der Waals surface area contributed by atoms with Crippen LogP contribution in [0.4, 0.5) is 0 Å². The Morgan fingerprint density at radius 1 is 0.978 bits per heavy atom. The summed E-state index contributed by atoms with van der Waals surface area (Å²) < 4.78 is 6.54. The van der Waals surface area contributed by atoms with E-state index in [1.54, 1.807) is 12.1 Å². The summed E-state index contributed by atoms with van der Waals surface area (Å²) in [6.07, 6.45) is 6.61. The molecule has 1 amide bonds. The highest BCUT2D eigenvalue weighted by molar-refractivity contribution is 6.09. The molecule has 1 atom stereocenters. The number of aromatic nitrogens is 1. The highest BCUT2D eigenvalue weighted by atomic mass is 16.5. The number of carboxylic acid groups (broad SMARTS) is 1. The first-order valence-corrected chi connectivity index (χ1v) is 16.8. The van der Waals surface area contributed by atoms with Crippen LogP contribution in [-0.4, -0.2) is 65.3 Å². The van der Waals surface area contributed by atoms with Crippen molar-refractivity contribution in [3.8, 4) is 17.0 Å². The molecule has 0 bridgehead atoms. The van der Waals surface area contributed by atoms with Crippen LogP contribution in [0.1, 0.15) is 73.0 Å². The number of ether oxygens (including phenoxy) is 1. The van der Waals surface area contributed by atoms with Gasteiger partial charge in [-0.1, -0.05) is 67.6 Å². The minimum absolute atomic E-state index is 0.116. The second-order valence-corrected chi connectivity index (χ2v) is 12.8. The molecule has 8 heteroatoms. The zero-order chi connectivity index (χ0) is 31.9. The fourth-order valence-corrected chi connectivity index (χ4v) is 7.57. The predicted molar refractivity (Wildman–Crippen MR) is 181 cm³/mol. The van der Waals surface area contributed by atoms with Crippen molar-refractivity contribution in [2.45, 2.75) is 64.1 Å². The summed E-state index contributed by atoms with van der Waals surface area (Å²) in [5, 5.41) is 16.9. The van der Waals surface area contributed by atoms with Crippen molar-refractivity contribution >= 4 is 22.8 Å². The Morgan fingerprint density at radius 3 is 2.35 bits per heavy atom. The molecule has 46 heavy (non-hydrogen) atoms. The summed E-state index contributed by atoms with van der Waals surface area (Å²) in [4.78, 5) is 31.3. The summed E-state index contributed by atoms with van der Waals surface area (Å²) in [6.45, 7) is 6.62. The van der Waals surface area contributed by atoms with E-state index in [2.05, 4.69) is 41.8 Å². The summed E-state index contributed by atoms with van der Waals surface area (Å²) in [5.74, 6) is -0.756. The van der Waals surface area contributed by atoms with Crippen LogP contribution in [0.3, 0.4) is 0 Å². The molecule has 2 saturated heterocycles. The molecule has 0 spiro atoms. The van der Waals surface area contributed by atoms with Crippen molar-refractivity contribution < 1.29 is 23.9 Å². The lowest BCUT2D eigenvalue weighted by molar-refractivity contribution is -0.968. The number of fused-ring (bicyclic) bond motifs is 1. The number of carbonyl (C=O) groups is 2. The third kappa shape index (κ3) is 6.93. The molecule has 0 saturated carbocycles. The van der Waals surface area contributed by atoms with Crippen LogP contribution in [-0.2, 0) is 11.3 Å². The number of nitrogens with zero attached hydrogens (tertiary/aromatic N) is 2. The Balaban J connectivity index is 1.55. The molecule has 240 valence electrons. The Morgan fingerprint density at radius 2 is 1.67 bits per heavy atom. The van der Waals surface area contributed by atoms with Crippen molar-refractivity contribution in [3.05, 3.63) is 95.6 Å². The van der Waals surface area contributed by atoms with Crippen molar-refractivity contribution in [2.75, 3.05) is 32.8 Å². The number of quaternary nitrogens is 1. The number of amides is 1. The van der Waals surface area contributed by atoms with E-state index in [0.717, 1.165) is 84.2 Å². The van der Waals surface area contributed by atoms with E-state index in [9.17, 15) is 14.7 Å². The van der Waals surface area contributed by atoms with Gasteiger partial charge in [-0.05, 0) is 43.4 Å². The number of pyridine rings is 1. The van der Waals surface area contributed by atoms with Crippen molar-refractivity contribution in [1.29, 1.82) is 0 Å². The van der Waals surface area contributed by atoms with Gasteiger partial charge >= 0.3 is 5.97 Å². The van der Waals surface area contributed by atoms with Crippen molar-refractivity contribution in [2.24, 2.45) is 0 Å². The minimum atomic E-state index is -1.05. The molecule has 2 aliphatic heterocycles. The molecule has 4 aromatic rings. The standard InChI is InChI=1S/C38H44N4O4/c1-2-33(27-12-6-3-7-13-27)41-38(45)36-31-17-16-30(46-26-35(43)44)24-34(31)40-37(28-14-8-4-9-15-28)32(36)25-42(22-10-5-11-23-42)29-18-20-39-21-19-29/h3-4,6-9,12-17,24,29,33,39H,2,5,10-11,18-23,25-26H2,1H3,(H-,41,43,44,45)/p+1/t33-/m0/s1. The summed E-state index contributed by atoms with van der Waals surface area (Å²) in [6, 6.07) is 26.0. The van der Waals surface area contributed by atoms with E-state index in [1.165, 1.54) is 19.3 Å². The first-order valence-electron chi connectivity index (χ1n) is 16.8. The second-order valence-electron chi connectivity index (χ2n) is 12.8. The lowest BCUT2D eigenvalue weighted by atomic mass is 9.90. The molecule has 6 rings (SSSR count). The number of carboxylic acids is 1. The van der Waals surface area contributed by atoms with Crippen LogP contribution >= 0.6 is 0 Å². The molecule has 0 radical (unpaired) electrons. The van der Waals surface area contributed by atoms with Gasteiger partial charge < -0.3 is 25.0 Å². The second kappa shape index (κ2) is 14.4. The Bertz CT molecular complexity index is 1650. The van der Waals surface area contributed by atoms with Crippen LogP contribution < -0.4 is 15.4 Å². The minimum Gasteiger partial charge on any atom is -0.482 e.